The minimum absolute atomic E-state index is 0.0162. The van der Waals surface area contributed by atoms with Crippen molar-refractivity contribution >= 4 is 29.3 Å². The van der Waals surface area contributed by atoms with Gasteiger partial charge in [-0.05, 0) is 75.0 Å². The molecule has 12 nitrogen and oxygen atoms in total. The molecule has 0 fully saturated rings. The van der Waals surface area contributed by atoms with Gasteiger partial charge in [-0.25, -0.2) is 0 Å². The highest BCUT2D eigenvalue weighted by Gasteiger charge is 2.63. The fraction of sp³-hybridized carbons (Fsp3) is 0.400. The number of hydrogen-bond donors (Lipinski definition) is 5. The van der Waals surface area contributed by atoms with E-state index in [9.17, 15) is 44.4 Å². The summed E-state index contributed by atoms with van der Waals surface area (Å²) in [6.07, 6.45) is 3.27. The predicted octanol–water partition coefficient (Wildman–Crippen LogP) is 2.65. The molecule has 0 spiro atoms. The monoisotopic (exact) mass is 643 g/mol. The lowest BCUT2D eigenvalue weighted by Gasteiger charge is -2.50. The largest absolute Gasteiger partial charge is 0.510 e. The third kappa shape index (κ3) is 4.61. The van der Waals surface area contributed by atoms with Gasteiger partial charge in [0, 0.05) is 17.1 Å². The number of rotatable bonds is 8. The molecule has 2 aromatic rings. The second-order valence-electron chi connectivity index (χ2n) is 13.1. The van der Waals surface area contributed by atoms with Gasteiger partial charge < -0.3 is 26.2 Å². The number of aromatic hydroxyl groups is 1. The fourth-order valence-electron chi connectivity index (χ4n) is 7.92. The van der Waals surface area contributed by atoms with Crippen LogP contribution in [0.3, 0.4) is 0 Å². The molecule has 2 aromatic carbocycles. The van der Waals surface area contributed by atoms with Crippen LogP contribution in [0, 0.1) is 11.8 Å². The van der Waals surface area contributed by atoms with Crippen LogP contribution in [0.2, 0.25) is 0 Å². The number of hydrogen-bond acceptors (Lipinski definition) is 10. The summed E-state index contributed by atoms with van der Waals surface area (Å²) in [5.74, 6) is -8.35. The number of benzene rings is 2. The highest BCUT2D eigenvalue weighted by atomic mass is 16.3. The average Bonchev–Trinajstić information content (AvgIpc) is 3.25. The first-order chi connectivity index (χ1) is 22.2. The number of aryl methyl sites for hydroxylation is 1. The zero-order chi connectivity index (χ0) is 34.1. The van der Waals surface area contributed by atoms with E-state index in [-0.39, 0.29) is 47.2 Å². The molecule has 0 saturated carbocycles. The number of ketones is 2. The van der Waals surface area contributed by atoms with Crippen LogP contribution in [0.1, 0.15) is 80.4 Å². The maximum absolute atomic E-state index is 14.4. The Morgan fingerprint density at radius 2 is 1.66 bits per heavy atom. The summed E-state index contributed by atoms with van der Waals surface area (Å²) >= 11 is 0. The molecule has 4 atom stereocenters. The lowest BCUT2D eigenvalue weighted by Crippen LogP contribution is -2.63. The second kappa shape index (κ2) is 11.5. The Labute approximate surface area is 270 Å². The zero-order valence-electron chi connectivity index (χ0n) is 26.4. The number of phenolic OH excluding ortho intramolecular Hbond substituents is 1. The molecule has 3 aliphatic carbocycles. The normalized spacial score (nSPS) is 25.3. The van der Waals surface area contributed by atoms with Crippen LogP contribution in [0.25, 0.3) is 0 Å². The van der Waals surface area contributed by atoms with E-state index in [2.05, 4.69) is 0 Å². The Morgan fingerprint density at radius 3 is 2.23 bits per heavy atom. The number of phenols is 1. The molecule has 4 aliphatic rings. The van der Waals surface area contributed by atoms with Gasteiger partial charge in [-0.3, -0.25) is 33.8 Å². The highest BCUT2D eigenvalue weighted by molar-refractivity contribution is 6.25. The second-order valence-corrected chi connectivity index (χ2v) is 13.1. The molecule has 0 bridgehead atoms. The molecule has 246 valence electrons. The summed E-state index contributed by atoms with van der Waals surface area (Å²) in [5, 5.41) is 46.2. The lowest BCUT2D eigenvalue weighted by atomic mass is 9.58. The lowest BCUT2D eigenvalue weighted by molar-refractivity contribution is -0.148. The Balaban J connectivity index is 1.48. The molecule has 12 heteroatoms. The van der Waals surface area contributed by atoms with Crippen LogP contribution in [0.4, 0.5) is 0 Å². The highest BCUT2D eigenvalue weighted by Crippen LogP contribution is 2.53. The minimum Gasteiger partial charge on any atom is -0.510 e. The number of carbonyl (C=O) groups is 5. The van der Waals surface area contributed by atoms with Gasteiger partial charge in [0.15, 0.2) is 11.4 Å². The van der Waals surface area contributed by atoms with Gasteiger partial charge in [0.2, 0.25) is 5.78 Å². The SMILES string of the molecule is CCCCCc1cc(CN2C(=O)c3ccccc3C2=O)c(O)c2c1CC1CC3C(N(C)C)C(O)=C(C(N)=O)C(=O)C3(O)C(O)=C1C2=O. The Kier molecular flexibility index (Phi) is 7.84. The summed E-state index contributed by atoms with van der Waals surface area (Å²) < 4.78 is 0. The number of Topliss-reactive ketones (excluding diaryl/α,β-unsaturated/α-hetero) is 2. The predicted molar refractivity (Wildman–Crippen MR) is 168 cm³/mol. The van der Waals surface area contributed by atoms with Gasteiger partial charge in [0.1, 0.15) is 22.8 Å². The number of unbranched alkanes of at least 4 members (excludes halogenated alkanes) is 2. The molecule has 6 N–H and O–H groups in total. The first kappa shape index (κ1) is 32.1. The first-order valence-corrected chi connectivity index (χ1v) is 15.7. The summed E-state index contributed by atoms with van der Waals surface area (Å²) in [6.45, 7) is 1.74. The molecule has 47 heavy (non-hydrogen) atoms. The van der Waals surface area contributed by atoms with Crippen LogP contribution in [0.15, 0.2) is 53.0 Å². The summed E-state index contributed by atoms with van der Waals surface area (Å²) in [6, 6.07) is 7.02. The third-order valence-electron chi connectivity index (χ3n) is 10.2. The molecule has 6 rings (SSSR count). The van der Waals surface area contributed by atoms with Crippen molar-refractivity contribution in [1.82, 2.24) is 9.80 Å². The van der Waals surface area contributed by atoms with Crippen LogP contribution in [-0.4, -0.2) is 85.3 Å². The number of primary amides is 1. The molecular formula is C35H37N3O9. The summed E-state index contributed by atoms with van der Waals surface area (Å²) in [4.78, 5) is 69.1. The van der Waals surface area contributed by atoms with Crippen LogP contribution < -0.4 is 5.73 Å². The third-order valence-corrected chi connectivity index (χ3v) is 10.2. The van der Waals surface area contributed by atoms with Crippen molar-refractivity contribution in [3.63, 3.8) is 0 Å². The number of aliphatic hydroxyl groups is 3. The number of nitrogens with zero attached hydrogens (tertiary/aromatic N) is 2. The molecular weight excluding hydrogens is 606 g/mol. The van der Waals surface area contributed by atoms with Crippen molar-refractivity contribution in [1.29, 1.82) is 0 Å². The van der Waals surface area contributed by atoms with Crippen LogP contribution >= 0.6 is 0 Å². The smallest absolute Gasteiger partial charge is 0.261 e. The number of amides is 3. The summed E-state index contributed by atoms with van der Waals surface area (Å²) in [7, 11) is 3.15. The van der Waals surface area contributed by atoms with Gasteiger partial charge in [0.05, 0.1) is 29.3 Å². The molecule has 0 aromatic heterocycles. The molecule has 0 radical (unpaired) electrons. The quantitative estimate of drug-likeness (QED) is 0.162. The number of likely N-dealkylation sites (N-methyl/N-ethyl adjacent to an activating group) is 1. The maximum atomic E-state index is 14.4. The van der Waals surface area contributed by atoms with E-state index in [1.807, 2.05) is 6.92 Å². The summed E-state index contributed by atoms with van der Waals surface area (Å²) in [5.41, 5.74) is 3.32. The van der Waals surface area contributed by atoms with E-state index in [0.29, 0.717) is 12.0 Å². The number of imide groups is 1. The number of allylic oxidation sites excluding steroid dienone is 1. The van der Waals surface area contributed by atoms with Gasteiger partial charge >= 0.3 is 0 Å². The molecule has 3 amide bonds. The molecule has 1 heterocycles. The van der Waals surface area contributed by atoms with E-state index in [0.717, 1.165) is 29.7 Å². The zero-order valence-corrected chi connectivity index (χ0v) is 26.4. The van der Waals surface area contributed by atoms with Crippen LogP contribution in [-0.2, 0) is 29.0 Å². The van der Waals surface area contributed by atoms with Crippen molar-refractivity contribution in [2.75, 3.05) is 14.1 Å². The van der Waals surface area contributed by atoms with E-state index in [1.165, 1.54) is 4.90 Å². The Hall–Kier alpha value is -4.81. The van der Waals surface area contributed by atoms with E-state index in [4.69, 9.17) is 5.73 Å². The topological polar surface area (TPSA) is 199 Å². The average molecular weight is 644 g/mol. The van der Waals surface area contributed by atoms with Crippen molar-refractivity contribution in [2.45, 2.75) is 63.6 Å². The Bertz CT molecular complexity index is 1810. The molecule has 0 saturated heterocycles. The molecule has 4 unspecified atom stereocenters. The minimum atomic E-state index is -2.75. The maximum Gasteiger partial charge on any atom is 0.261 e. The molecule has 1 aliphatic heterocycles. The van der Waals surface area contributed by atoms with Gasteiger partial charge in [-0.2, -0.15) is 0 Å². The number of carbonyl (C=O) groups excluding carboxylic acids is 5. The van der Waals surface area contributed by atoms with Crippen LogP contribution in [0.5, 0.6) is 5.75 Å². The van der Waals surface area contributed by atoms with Gasteiger partial charge in [-0.15, -0.1) is 0 Å². The fourth-order valence-corrected chi connectivity index (χ4v) is 7.92. The Morgan fingerprint density at radius 1 is 1.02 bits per heavy atom. The van der Waals surface area contributed by atoms with Crippen molar-refractivity contribution in [2.24, 2.45) is 17.6 Å². The van der Waals surface area contributed by atoms with E-state index in [1.54, 1.807) is 44.4 Å². The standard InChI is InChI=1S/C35H37N3O9/c1-4-5-6-9-16-12-18(15-38-33(45)19-10-7-8-11-20(19)34(38)46)27(39)24-21(16)13-17-14-22-26(37(2)3)29(41)25(32(36)44)31(43)35(22,47)30(42)23(17)28(24)40/h7-8,10-12,17,22,26,39,41-42,47H,4-6,9,13-15H2,1-3H3,(H2,36,44). The van der Waals surface area contributed by atoms with Crippen molar-refractivity contribution in [3.8, 4) is 5.75 Å². The van der Waals surface area contributed by atoms with Crippen molar-refractivity contribution in [3.05, 3.63) is 86.4 Å². The van der Waals surface area contributed by atoms with Gasteiger partial charge in [-0.1, -0.05) is 31.9 Å². The van der Waals surface area contributed by atoms with Gasteiger partial charge in [0.25, 0.3) is 17.7 Å². The number of aliphatic hydroxyl groups excluding tert-OH is 2. The van der Waals surface area contributed by atoms with Crippen molar-refractivity contribution < 1.29 is 44.4 Å². The number of fused-ring (bicyclic) bond motifs is 4. The number of nitrogens with two attached hydrogens (primary N) is 1. The first-order valence-electron chi connectivity index (χ1n) is 15.7. The van der Waals surface area contributed by atoms with E-state index < -0.39 is 75.6 Å². The van der Waals surface area contributed by atoms with E-state index >= 15 is 0 Å².